The predicted octanol–water partition coefficient (Wildman–Crippen LogP) is 27.7. The van der Waals surface area contributed by atoms with Crippen LogP contribution in [-0.2, 0) is 32.5 Å². The summed E-state index contributed by atoms with van der Waals surface area (Å²) in [6.45, 7) is 62.5. The lowest BCUT2D eigenvalue weighted by atomic mass is 9.61. The molecule has 4 saturated carbocycles. The monoisotopic (exact) mass is 1260 g/mol. The second-order valence-corrected chi connectivity index (χ2v) is 34.3. The summed E-state index contributed by atoms with van der Waals surface area (Å²) < 4.78 is 4.68. The average molecular weight is 1260 g/mol. The lowest BCUT2D eigenvalue weighted by molar-refractivity contribution is 0.0591. The second kappa shape index (κ2) is 36.2. The minimum atomic E-state index is 0.144. The van der Waals surface area contributed by atoms with Crippen molar-refractivity contribution >= 4 is 22.5 Å². The molecule has 5 aliphatic carbocycles. The number of benzene rings is 6. The zero-order chi connectivity index (χ0) is 69.6. The Morgan fingerprint density at radius 3 is 1.19 bits per heavy atom. The van der Waals surface area contributed by atoms with Gasteiger partial charge in [-0.1, -0.05) is 328 Å². The SMILES string of the molecule is C1CC2C3CCC(C3)C2C1.CC.CC.CC(C)(C)c1ccc(OC#N)cc1.CC(C)(C)c1ccc2ccc(C(C)(C)C)cc2c1.CC(C)(C)c1cccc(C(C)(C)C)c1.CC1(C)c2ccccc2-c2ccccc21.CC1CCC(C)(C)CC1(C)C.CCC.CSC. The van der Waals surface area contributed by atoms with E-state index in [1.165, 1.54) is 110 Å². The number of hydrogen-bond acceptors (Lipinski definition) is 3. The van der Waals surface area contributed by atoms with Gasteiger partial charge in [0, 0.05) is 5.41 Å². The van der Waals surface area contributed by atoms with E-state index < -0.39 is 0 Å². The summed E-state index contributed by atoms with van der Waals surface area (Å²) in [7, 11) is 0. The average Bonchev–Trinajstić information content (AvgIpc) is 1.62. The molecule has 0 aliphatic heterocycles. The van der Waals surface area contributed by atoms with Crippen LogP contribution in [0.4, 0.5) is 0 Å². The number of nitriles is 1. The van der Waals surface area contributed by atoms with Gasteiger partial charge in [0.05, 0.1) is 0 Å². The fourth-order valence-electron chi connectivity index (χ4n) is 13.9. The molecule has 5 unspecified atom stereocenters. The van der Waals surface area contributed by atoms with E-state index in [1.54, 1.807) is 56.5 Å². The van der Waals surface area contributed by atoms with Crippen LogP contribution < -0.4 is 4.74 Å². The molecule has 0 radical (unpaired) electrons. The van der Waals surface area contributed by atoms with Gasteiger partial charge < -0.3 is 4.74 Å². The van der Waals surface area contributed by atoms with Crippen molar-refractivity contribution < 1.29 is 4.74 Å². The smallest absolute Gasteiger partial charge is 0.292 e. The molecule has 6 aromatic carbocycles. The van der Waals surface area contributed by atoms with Gasteiger partial charge in [0.2, 0.25) is 0 Å². The van der Waals surface area contributed by atoms with E-state index in [9.17, 15) is 0 Å². The zero-order valence-corrected chi connectivity index (χ0v) is 65.2. The summed E-state index contributed by atoms with van der Waals surface area (Å²) in [5, 5.41) is 11.0. The number of ether oxygens (including phenoxy) is 1. The van der Waals surface area contributed by atoms with Crippen molar-refractivity contribution in [1.29, 1.82) is 5.26 Å². The normalized spacial score (nSPS) is 19.8. The van der Waals surface area contributed by atoms with Crippen molar-refractivity contribution in [2.75, 3.05) is 12.5 Å². The summed E-state index contributed by atoms with van der Waals surface area (Å²) in [5.41, 5.74) is 15.0. The molecule has 5 atom stereocenters. The lowest BCUT2D eigenvalue weighted by Gasteiger charge is -2.45. The van der Waals surface area contributed by atoms with E-state index in [-0.39, 0.29) is 32.5 Å². The Labute approximate surface area is 568 Å². The van der Waals surface area contributed by atoms with E-state index in [2.05, 4.69) is 280 Å². The van der Waals surface area contributed by atoms with Gasteiger partial charge in [-0.15, -0.1) is 5.26 Å². The van der Waals surface area contributed by atoms with Crippen LogP contribution in [0.5, 0.6) is 5.75 Å². The molecule has 2 nitrogen and oxygen atoms in total. The quantitative estimate of drug-likeness (QED) is 0.154. The predicted molar refractivity (Wildman–Crippen MR) is 411 cm³/mol. The van der Waals surface area contributed by atoms with Gasteiger partial charge in [0.15, 0.2) is 0 Å². The molecule has 0 heterocycles. The summed E-state index contributed by atoms with van der Waals surface area (Å²) in [6, 6.07) is 47.6. The van der Waals surface area contributed by atoms with E-state index in [1.807, 2.05) is 64.5 Å². The van der Waals surface area contributed by atoms with Crippen molar-refractivity contribution in [3.63, 3.8) is 0 Å². The van der Waals surface area contributed by atoms with E-state index in [0.29, 0.717) is 16.6 Å². The Kier molecular flexibility index (Phi) is 32.7. The van der Waals surface area contributed by atoms with Crippen molar-refractivity contribution in [3.8, 4) is 23.1 Å². The molecule has 6 aromatic rings. The first-order valence-corrected chi connectivity index (χ1v) is 37.3. The van der Waals surface area contributed by atoms with Crippen molar-refractivity contribution in [1.82, 2.24) is 0 Å². The highest BCUT2D eigenvalue weighted by atomic mass is 32.2. The van der Waals surface area contributed by atoms with Crippen LogP contribution in [0.1, 0.15) is 297 Å². The minimum Gasteiger partial charge on any atom is -0.388 e. The van der Waals surface area contributed by atoms with Crippen molar-refractivity contribution in [2.45, 2.75) is 291 Å². The standard InChI is InChI=1S/C18H24.C15H14.C14H22.C11H13NO.C11H22.C10H16.C3H8.C2H6S.2C2H6/c1-17(2,3)15-9-7-13-8-10-16(18(4,5)6)12-14(13)11-15;1-15(2)13-9-5-3-7-11(13)12-8-4-6-10-14(12)15;1-13(2,3)11-8-7-9-12(10-11)14(4,5)6;1-11(2,3)9-4-6-10(7-5-9)13-8-12;1-9-6-7-10(2,3)8-11(9,4)5;1-2-9-7-4-5-8(6-7)10(9)3-1;2*1-3-2;2*1-2/h7-12H,1-6H3;3-10H,1-2H3;7-10H,1-6H3;4-7H,1-3H3;9H,6-8H2,1-5H3;7-10H,1-6H2;3H2,1-2H3;1-2H3;2*1-2H3. The molecule has 506 valence electrons. The summed E-state index contributed by atoms with van der Waals surface area (Å²) >= 11 is 1.75. The molecule has 4 fully saturated rings. The fourth-order valence-corrected chi connectivity index (χ4v) is 13.9. The molecule has 0 aromatic heterocycles. The number of nitrogens with zero attached hydrogens (tertiary/aromatic N) is 1. The third-order valence-corrected chi connectivity index (χ3v) is 19.4. The van der Waals surface area contributed by atoms with Gasteiger partial charge in [-0.25, -0.2) is 0 Å². The molecule has 11 rings (SSSR count). The Hall–Kier alpha value is -4.78. The minimum absolute atomic E-state index is 0.144. The Morgan fingerprint density at radius 1 is 0.473 bits per heavy atom. The van der Waals surface area contributed by atoms with Crippen LogP contribution in [0.15, 0.2) is 133 Å². The first-order valence-electron chi connectivity index (χ1n) is 35.7. The van der Waals surface area contributed by atoms with Crippen molar-refractivity contribution in [3.05, 3.63) is 172 Å². The summed E-state index contributed by atoms with van der Waals surface area (Å²) in [5.74, 6) is 6.30. The van der Waals surface area contributed by atoms with Crippen LogP contribution in [0.2, 0.25) is 0 Å². The molecule has 91 heavy (non-hydrogen) atoms. The van der Waals surface area contributed by atoms with Crippen LogP contribution in [0.3, 0.4) is 0 Å². The third kappa shape index (κ3) is 25.1. The van der Waals surface area contributed by atoms with Gasteiger partial charge in [-0.3, -0.25) is 0 Å². The molecule has 0 amide bonds. The maximum Gasteiger partial charge on any atom is 0.292 e. The lowest BCUT2D eigenvalue weighted by Crippen LogP contribution is -2.34. The van der Waals surface area contributed by atoms with Crippen LogP contribution in [0, 0.1) is 51.9 Å². The molecule has 5 aliphatic rings. The van der Waals surface area contributed by atoms with Gasteiger partial charge in [0.25, 0.3) is 6.26 Å². The van der Waals surface area contributed by atoms with Crippen LogP contribution in [0.25, 0.3) is 21.9 Å². The summed E-state index contributed by atoms with van der Waals surface area (Å²) in [6.07, 6.45) is 20.7. The molecule has 3 heteroatoms. The number of thioether (sulfide) groups is 1. The zero-order valence-electron chi connectivity index (χ0n) is 64.4. The van der Waals surface area contributed by atoms with Gasteiger partial charge in [-0.05, 0) is 204 Å². The highest BCUT2D eigenvalue weighted by molar-refractivity contribution is 7.97. The van der Waals surface area contributed by atoms with Gasteiger partial charge in [0.1, 0.15) is 5.75 Å². The Morgan fingerprint density at radius 2 is 0.835 bits per heavy atom. The maximum atomic E-state index is 8.28. The largest absolute Gasteiger partial charge is 0.388 e. The second-order valence-electron chi connectivity index (χ2n) is 33.5. The van der Waals surface area contributed by atoms with Crippen molar-refractivity contribution in [2.24, 2.45) is 40.4 Å². The first-order chi connectivity index (χ1) is 42.2. The molecular weight excluding hydrogens is 1120 g/mol. The van der Waals surface area contributed by atoms with E-state index in [4.69, 9.17) is 5.26 Å². The topological polar surface area (TPSA) is 33.0 Å². The highest BCUT2D eigenvalue weighted by Gasteiger charge is 2.49. The van der Waals surface area contributed by atoms with Crippen LogP contribution >= 0.6 is 11.8 Å². The molecule has 0 N–H and O–H groups in total. The van der Waals surface area contributed by atoms with Crippen LogP contribution in [-0.4, -0.2) is 12.5 Å². The summed E-state index contributed by atoms with van der Waals surface area (Å²) in [4.78, 5) is 0. The fraction of sp³-hybridized carbons (Fsp3) is 0.602. The Bertz CT molecular complexity index is 2930. The first kappa shape index (κ1) is 82.3. The number of hydrogen-bond donors (Lipinski definition) is 0. The third-order valence-electron chi connectivity index (χ3n) is 19.4. The molecule has 0 spiro atoms. The van der Waals surface area contributed by atoms with E-state index >= 15 is 0 Å². The molecule has 2 bridgehead atoms. The van der Waals surface area contributed by atoms with Gasteiger partial charge >= 0.3 is 0 Å². The highest BCUT2D eigenvalue weighted by Crippen LogP contribution is 2.58. The van der Waals surface area contributed by atoms with E-state index in [0.717, 1.165) is 5.92 Å². The number of fused-ring (bicyclic) bond motifs is 9. The van der Waals surface area contributed by atoms with Gasteiger partial charge in [-0.2, -0.15) is 11.8 Å². The molecule has 0 saturated heterocycles. The molecular formula is C88H137NOS. The number of rotatable bonds is 1. The maximum absolute atomic E-state index is 8.28. The Balaban J connectivity index is 0.000000364.